The number of carbonyl (C=O) groups excluding carboxylic acids is 1. The van der Waals surface area contributed by atoms with Gasteiger partial charge in [0.15, 0.2) is 0 Å². The molecule has 0 aliphatic carbocycles. The highest BCUT2D eigenvalue weighted by Gasteiger charge is 2.37. The van der Waals surface area contributed by atoms with Crippen molar-refractivity contribution in [3.8, 4) is 0 Å². The van der Waals surface area contributed by atoms with E-state index in [-0.39, 0.29) is 18.0 Å². The predicted octanol–water partition coefficient (Wildman–Crippen LogP) is 6.52. The lowest BCUT2D eigenvalue weighted by molar-refractivity contribution is -0.133. The van der Waals surface area contributed by atoms with Crippen molar-refractivity contribution in [2.45, 2.75) is 69.4 Å². The van der Waals surface area contributed by atoms with Crippen LogP contribution in [0, 0.1) is 13.8 Å². The van der Waals surface area contributed by atoms with Gasteiger partial charge in [0.1, 0.15) is 0 Å². The highest BCUT2D eigenvalue weighted by molar-refractivity contribution is 7.89. The quantitative estimate of drug-likeness (QED) is 0.347. The minimum atomic E-state index is -3.69. The number of hydrogen-bond donors (Lipinski definition) is 0. The van der Waals surface area contributed by atoms with E-state index in [1.165, 1.54) is 10.4 Å². The van der Waals surface area contributed by atoms with Gasteiger partial charge >= 0.3 is 0 Å². The van der Waals surface area contributed by atoms with Gasteiger partial charge in [0.05, 0.1) is 10.9 Å². The maximum absolute atomic E-state index is 13.8. The van der Waals surface area contributed by atoms with E-state index in [4.69, 9.17) is 11.6 Å². The molecular weight excluding hydrogens is 524 g/mol. The molecule has 2 aliphatic rings. The molecule has 0 N–H and O–H groups in total. The molecule has 5 rings (SSSR count). The number of hydrogen-bond acceptors (Lipinski definition) is 4. The zero-order valence-electron chi connectivity index (χ0n) is 21.3. The number of piperidine rings is 1. The summed E-state index contributed by atoms with van der Waals surface area (Å²) >= 11 is 8.00. The van der Waals surface area contributed by atoms with Crippen LogP contribution in [0.3, 0.4) is 0 Å². The zero-order chi connectivity index (χ0) is 26.2. The highest BCUT2D eigenvalue weighted by Crippen LogP contribution is 2.38. The lowest BCUT2D eigenvalue weighted by atomic mass is 9.92. The first-order valence-corrected chi connectivity index (χ1v) is 15.7. The van der Waals surface area contributed by atoms with E-state index in [0.29, 0.717) is 41.4 Å². The Bertz CT molecular complexity index is 1390. The Hall–Kier alpha value is -2.19. The third-order valence-corrected chi connectivity index (χ3v) is 11.2. The lowest BCUT2D eigenvalue weighted by Crippen LogP contribution is -2.45. The van der Waals surface area contributed by atoms with Crippen LogP contribution in [-0.4, -0.2) is 42.7 Å². The van der Waals surface area contributed by atoms with E-state index in [1.807, 2.05) is 30.0 Å². The van der Waals surface area contributed by atoms with Crippen molar-refractivity contribution in [2.75, 3.05) is 13.1 Å². The predicted molar refractivity (Wildman–Crippen MR) is 150 cm³/mol. The van der Waals surface area contributed by atoms with Gasteiger partial charge in [-0.1, -0.05) is 48.4 Å². The van der Waals surface area contributed by atoms with Crippen LogP contribution < -0.4 is 0 Å². The monoisotopic (exact) mass is 556 g/mol. The number of rotatable bonds is 6. The summed E-state index contributed by atoms with van der Waals surface area (Å²) in [6.45, 7) is 4.78. The molecule has 196 valence electrons. The van der Waals surface area contributed by atoms with Crippen LogP contribution >= 0.6 is 22.9 Å². The van der Waals surface area contributed by atoms with Crippen LogP contribution in [-0.2, 0) is 21.2 Å². The standard InChI is InChI=1S/C29H33ClN2O3S2/c1-20-19-27(21(2)18-25(20)30)37(34,35)32-15-7-6-10-23(32)11-12-28(33)31-16-13-26-24(14-17-36-26)29(31)22-8-4-3-5-9-22/h3-5,8-9,14,17-19,23,29H,6-7,10-13,15-16H2,1-2H3. The van der Waals surface area contributed by atoms with Gasteiger partial charge in [0.25, 0.3) is 0 Å². The lowest BCUT2D eigenvalue weighted by Gasteiger charge is -2.38. The third kappa shape index (κ3) is 5.24. The van der Waals surface area contributed by atoms with E-state index >= 15 is 0 Å². The Morgan fingerprint density at radius 1 is 1.05 bits per heavy atom. The molecule has 1 aromatic heterocycles. The van der Waals surface area contributed by atoms with Crippen LogP contribution in [0.1, 0.15) is 65.3 Å². The smallest absolute Gasteiger partial charge is 0.243 e. The summed E-state index contributed by atoms with van der Waals surface area (Å²) in [5.41, 5.74) is 3.73. The first kappa shape index (κ1) is 26.4. The average molecular weight is 557 g/mol. The highest BCUT2D eigenvalue weighted by atomic mass is 35.5. The maximum atomic E-state index is 13.8. The van der Waals surface area contributed by atoms with Crippen LogP contribution in [0.25, 0.3) is 0 Å². The Balaban J connectivity index is 1.36. The van der Waals surface area contributed by atoms with Crippen LogP contribution in [0.15, 0.2) is 58.8 Å². The number of thiophene rings is 1. The van der Waals surface area contributed by atoms with Crippen molar-refractivity contribution in [3.05, 3.63) is 86.1 Å². The summed E-state index contributed by atoms with van der Waals surface area (Å²) < 4.78 is 29.2. The minimum Gasteiger partial charge on any atom is -0.331 e. The molecule has 2 aromatic carbocycles. The first-order chi connectivity index (χ1) is 17.8. The van der Waals surface area contributed by atoms with Gasteiger partial charge in [-0.15, -0.1) is 11.3 Å². The first-order valence-electron chi connectivity index (χ1n) is 13.0. The molecule has 1 saturated heterocycles. The molecule has 0 saturated carbocycles. The molecule has 3 aromatic rings. The van der Waals surface area contributed by atoms with Crippen molar-refractivity contribution < 1.29 is 13.2 Å². The second kappa shape index (κ2) is 10.9. The van der Waals surface area contributed by atoms with E-state index in [0.717, 1.165) is 36.8 Å². The Labute approximate surface area is 229 Å². The summed E-state index contributed by atoms with van der Waals surface area (Å²) in [5.74, 6) is 0.0899. The van der Waals surface area contributed by atoms with Gasteiger partial charge in [-0.3, -0.25) is 4.79 Å². The molecular formula is C29H33ClN2O3S2. The Morgan fingerprint density at radius 3 is 2.62 bits per heavy atom. The molecule has 0 spiro atoms. The number of aryl methyl sites for hydroxylation is 2. The third-order valence-electron chi connectivity index (χ3n) is 7.71. The van der Waals surface area contributed by atoms with Crippen LogP contribution in [0.5, 0.6) is 0 Å². The Morgan fingerprint density at radius 2 is 1.84 bits per heavy atom. The molecule has 0 radical (unpaired) electrons. The number of nitrogens with zero attached hydrogens (tertiary/aromatic N) is 2. The summed E-state index contributed by atoms with van der Waals surface area (Å²) in [6, 6.07) is 15.5. The number of amides is 1. The topological polar surface area (TPSA) is 57.7 Å². The normalized spacial score (nSPS) is 20.6. The van der Waals surface area contributed by atoms with E-state index in [1.54, 1.807) is 34.7 Å². The molecule has 1 fully saturated rings. The fourth-order valence-corrected chi connectivity index (χ4v) is 8.89. The summed E-state index contributed by atoms with van der Waals surface area (Å²) in [6.07, 6.45) is 4.29. The second-order valence-electron chi connectivity index (χ2n) is 10.1. The molecule has 2 aliphatic heterocycles. The zero-order valence-corrected chi connectivity index (χ0v) is 23.7. The SMILES string of the molecule is Cc1cc(S(=O)(=O)N2CCCCC2CCC(=O)N2CCc3sccc3C2c2ccccc2)c(C)cc1Cl. The molecule has 8 heteroatoms. The van der Waals surface area contributed by atoms with Crippen molar-refractivity contribution in [2.24, 2.45) is 0 Å². The van der Waals surface area contributed by atoms with Crippen molar-refractivity contribution in [3.63, 3.8) is 0 Å². The van der Waals surface area contributed by atoms with Gasteiger partial charge in [-0.25, -0.2) is 8.42 Å². The fraction of sp³-hybridized carbons (Fsp3) is 0.414. The summed E-state index contributed by atoms with van der Waals surface area (Å²) in [4.78, 5) is 17.3. The number of benzene rings is 2. The van der Waals surface area contributed by atoms with E-state index in [9.17, 15) is 13.2 Å². The molecule has 37 heavy (non-hydrogen) atoms. The van der Waals surface area contributed by atoms with Crippen LogP contribution in [0.4, 0.5) is 0 Å². The summed E-state index contributed by atoms with van der Waals surface area (Å²) in [7, 11) is -3.69. The molecule has 1 amide bonds. The van der Waals surface area contributed by atoms with Gasteiger partial charge in [0.2, 0.25) is 15.9 Å². The van der Waals surface area contributed by atoms with Gasteiger partial charge in [-0.2, -0.15) is 4.31 Å². The fourth-order valence-electron chi connectivity index (χ4n) is 5.75. The summed E-state index contributed by atoms with van der Waals surface area (Å²) in [5, 5.41) is 2.68. The van der Waals surface area contributed by atoms with Crippen molar-refractivity contribution >= 4 is 38.9 Å². The van der Waals surface area contributed by atoms with Crippen molar-refractivity contribution in [1.82, 2.24) is 9.21 Å². The van der Waals surface area contributed by atoms with Gasteiger partial charge in [-0.05, 0) is 85.4 Å². The number of sulfonamides is 1. The molecule has 2 atom stereocenters. The van der Waals surface area contributed by atoms with Gasteiger partial charge < -0.3 is 4.90 Å². The minimum absolute atomic E-state index is 0.0883. The van der Waals surface area contributed by atoms with E-state index < -0.39 is 10.0 Å². The van der Waals surface area contributed by atoms with Crippen LogP contribution in [0.2, 0.25) is 5.02 Å². The van der Waals surface area contributed by atoms with E-state index in [2.05, 4.69) is 23.6 Å². The largest absolute Gasteiger partial charge is 0.331 e. The van der Waals surface area contributed by atoms with Crippen molar-refractivity contribution in [1.29, 1.82) is 0 Å². The van der Waals surface area contributed by atoms with Gasteiger partial charge in [0, 0.05) is 35.5 Å². The number of halogens is 1. The maximum Gasteiger partial charge on any atom is 0.243 e. The molecule has 0 bridgehead atoms. The number of fused-ring (bicyclic) bond motifs is 1. The number of carbonyl (C=O) groups is 1. The molecule has 3 heterocycles. The molecule has 2 unspecified atom stereocenters. The average Bonchev–Trinajstić information content (AvgIpc) is 3.38. The Kier molecular flexibility index (Phi) is 7.78. The molecule has 5 nitrogen and oxygen atoms in total. The second-order valence-corrected chi connectivity index (χ2v) is 13.4.